The molecule has 43 heteroatoms. The molecule has 43 nitrogen and oxygen atoms in total. The normalized spacial score (nSPS) is 12.3. The number of nitrogens with zero attached hydrogens (tertiary/aromatic N) is 17. The lowest BCUT2D eigenvalue weighted by molar-refractivity contribution is 0.0516. The van der Waals surface area contributed by atoms with Crippen LogP contribution < -0.4 is 57.9 Å². The highest BCUT2D eigenvalue weighted by atomic mass is 16.6. The van der Waals surface area contributed by atoms with E-state index < -0.39 is 18.0 Å². The number of ether oxygens (including phenoxy) is 6. The first-order valence-corrected chi connectivity index (χ1v) is 48.9. The fraction of sp³-hybridized carbons (Fsp3) is 0.280. The van der Waals surface area contributed by atoms with Crippen molar-refractivity contribution in [3.63, 3.8) is 0 Å². The van der Waals surface area contributed by atoms with Gasteiger partial charge < -0.3 is 76.3 Å². The van der Waals surface area contributed by atoms with E-state index in [0.29, 0.717) is 170 Å². The third-order valence-corrected chi connectivity index (χ3v) is 24.8. The lowest BCUT2D eigenvalue weighted by Gasteiger charge is -2.14. The number of fused-ring (bicyclic) bond motifs is 5. The van der Waals surface area contributed by atoms with Gasteiger partial charge in [0.1, 0.15) is 12.1 Å². The Balaban J connectivity index is 0.000000134. The molecule has 0 unspecified atom stereocenters. The Morgan fingerprint density at radius 1 is 0.353 bits per heavy atom. The van der Waals surface area contributed by atoms with Gasteiger partial charge in [0.25, 0.3) is 23.6 Å². The van der Waals surface area contributed by atoms with Crippen LogP contribution in [-0.2, 0) is 30.2 Å². The second-order valence-corrected chi connectivity index (χ2v) is 35.5. The number of nitrogens with one attached hydrogen (secondary N) is 11. The zero-order valence-corrected chi connectivity index (χ0v) is 85.3. The van der Waals surface area contributed by atoms with Crippen LogP contribution in [0.2, 0.25) is 0 Å². The predicted molar refractivity (Wildman–Crippen MR) is 562 cm³/mol. The first-order valence-electron chi connectivity index (χ1n) is 48.9. The van der Waals surface area contributed by atoms with Crippen LogP contribution in [0.3, 0.4) is 0 Å². The summed E-state index contributed by atoms with van der Waals surface area (Å²) in [7, 11) is 1.55. The molecule has 17 aromatic rings. The summed E-state index contributed by atoms with van der Waals surface area (Å²) in [6.07, 6.45) is 15.1. The van der Waals surface area contributed by atoms with E-state index in [1.165, 1.54) is 6.33 Å². The number of esters is 4. The van der Waals surface area contributed by atoms with Crippen LogP contribution >= 0.6 is 0 Å². The van der Waals surface area contributed by atoms with Gasteiger partial charge in [0.15, 0.2) is 5.82 Å². The predicted octanol–water partition coefficient (Wildman–Crippen LogP) is 16.8. The lowest BCUT2D eigenvalue weighted by atomic mass is 10.1. The number of hydrogen-bond donors (Lipinski definition) is 11. The zero-order chi connectivity index (χ0) is 106. The summed E-state index contributed by atoms with van der Waals surface area (Å²) in [6.45, 7) is 27.8. The number of carbonyl (C=O) groups is 9. The van der Waals surface area contributed by atoms with E-state index in [1.807, 2.05) is 167 Å². The van der Waals surface area contributed by atoms with Crippen LogP contribution in [0.25, 0.3) is 39.0 Å². The summed E-state index contributed by atoms with van der Waals surface area (Å²) in [4.78, 5) is 115. The molecule has 5 amide bonds. The molecular weight excluding hydrogens is 1920 g/mol. The number of aromatic nitrogens is 18. The number of carbonyl (C=O) groups excluding carboxylic acids is 9. The number of aryl methyl sites for hydroxylation is 9. The van der Waals surface area contributed by atoms with Crippen molar-refractivity contribution in [2.75, 3.05) is 72.0 Å². The fourth-order valence-corrected chi connectivity index (χ4v) is 16.3. The summed E-state index contributed by atoms with van der Waals surface area (Å²) in [6, 6.07) is 46.9. The maximum atomic E-state index is 12.9. The molecular formula is C107H114N28O15. The number of amides is 5. The topological polar surface area (TPSA) is 522 Å². The summed E-state index contributed by atoms with van der Waals surface area (Å²) in [5, 5.41) is 79.0. The van der Waals surface area contributed by atoms with Gasteiger partial charge in [-0.2, -0.15) is 30.6 Å². The Morgan fingerprint density at radius 2 is 0.680 bits per heavy atom. The molecule has 3 fully saturated rings. The molecule has 6 aromatic carbocycles. The summed E-state index contributed by atoms with van der Waals surface area (Å²) >= 11 is 0. The second-order valence-electron chi connectivity index (χ2n) is 35.5. The highest BCUT2D eigenvalue weighted by Crippen LogP contribution is 2.36. The van der Waals surface area contributed by atoms with Crippen LogP contribution in [0.4, 0.5) is 68.7 Å². The largest absolute Gasteiger partial charge is 0.495 e. The number of hydrogen-bond acceptors (Lipinski definition) is 32. The molecule has 0 radical (unpaired) electrons. The minimum Gasteiger partial charge on any atom is -0.495 e. The van der Waals surface area contributed by atoms with E-state index in [1.54, 1.807) is 142 Å². The zero-order valence-electron chi connectivity index (χ0n) is 85.3. The summed E-state index contributed by atoms with van der Waals surface area (Å²) in [5.74, 6) is 1.49. The molecule has 3 saturated carbocycles. The molecule has 3 aliphatic carbocycles. The van der Waals surface area contributed by atoms with Crippen molar-refractivity contribution in [1.82, 2.24) is 109 Å². The molecule has 150 heavy (non-hydrogen) atoms. The quantitative estimate of drug-likeness (QED) is 0.0142. The van der Waals surface area contributed by atoms with E-state index in [2.05, 4.69) is 119 Å². The van der Waals surface area contributed by atoms with Gasteiger partial charge in [-0.3, -0.25) is 51.6 Å². The molecule has 0 bridgehead atoms. The molecule has 0 saturated heterocycles. The number of rotatable bonds is 31. The van der Waals surface area contributed by atoms with Gasteiger partial charge in [0.05, 0.1) is 132 Å². The smallest absolute Gasteiger partial charge is 0.411 e. The van der Waals surface area contributed by atoms with Gasteiger partial charge in [-0.15, -0.1) is 25.5 Å². The maximum Gasteiger partial charge on any atom is 0.411 e. The van der Waals surface area contributed by atoms with Crippen LogP contribution in [0, 0.1) is 62.3 Å². The summed E-state index contributed by atoms with van der Waals surface area (Å²) in [5.41, 5.74) is 21.3. The van der Waals surface area contributed by atoms with Crippen LogP contribution in [-0.4, -0.2) is 200 Å². The molecule has 20 rings (SSSR count). The molecule has 0 spiro atoms. The van der Waals surface area contributed by atoms with Crippen molar-refractivity contribution >= 4 is 145 Å². The van der Waals surface area contributed by atoms with Crippen molar-refractivity contribution in [1.29, 1.82) is 0 Å². The van der Waals surface area contributed by atoms with E-state index in [9.17, 15) is 43.2 Å². The van der Waals surface area contributed by atoms with Crippen molar-refractivity contribution in [3.05, 3.63) is 290 Å². The van der Waals surface area contributed by atoms with Crippen LogP contribution in [0.1, 0.15) is 212 Å². The maximum absolute atomic E-state index is 12.9. The Labute approximate surface area is 860 Å². The Kier molecular flexibility index (Phi) is 32.7. The summed E-state index contributed by atoms with van der Waals surface area (Å²) < 4.78 is 40.0. The van der Waals surface area contributed by atoms with E-state index in [-0.39, 0.29) is 48.2 Å². The molecule has 11 aromatic heterocycles. The van der Waals surface area contributed by atoms with Gasteiger partial charge >= 0.3 is 30.0 Å². The van der Waals surface area contributed by atoms with E-state index in [4.69, 9.17) is 28.4 Å². The van der Waals surface area contributed by atoms with Crippen molar-refractivity contribution in [2.45, 2.75) is 160 Å². The number of benzene rings is 6. The standard InChI is InChI=1S/C26H26N6O2.C21H23N5O4.C21H23N5O3.C20H23N5O4.C19H19N7O2/c1-16-8-9-19(24(33)29-20-10-11-20)12-23(16)30-26-31-28-15-21-13-22(17(2)32(21)26)25(34)27-14-18-6-4-3-5-7-18;1-4-30-20(28)16-10-15-11-22-25-21(26(15)12(16)2)24-17-9-13(5-8-18(17)29-3)19(27)23-14-6-7-14;1-4-29-20(28)17-10-16-11-22-25-21(26(16)13(17)3)24-18-9-14(6-5-12(18)2)19(27)23-15-7-8-15;1-5-28-18(26)16-10-15-11-21-24-19(25(15)13(16)4)23-17-9-14(8-7-12(17)3)22-20(27)29-6-2;1-4-28-18(27)15-8-14-9-21-25-19(26(14)12(15)3)23-16-7-13(6-5-11(16)2)17-20-10-22-24-17/h3-9,12-13,15,20H,10-11,14H2,1-2H3,(H,27,34)(H,29,33)(H,30,31);5,8-11,14H,4,6-7H2,1-3H3,(H,23,27)(H,24,25);5-6,9-11,15H,4,7-8H2,1-3H3,(H,23,27)(H,24,25);7-11H,5-6H2,1-4H3,(H,22,27)(H,23,24);5-10H,4H2,1-3H3,(H,23,25)(H,20,22,24). The average molecular weight is 2030 g/mol. The van der Waals surface area contributed by atoms with Gasteiger partial charge in [0.2, 0.25) is 29.7 Å². The minimum atomic E-state index is -0.524. The van der Waals surface area contributed by atoms with Gasteiger partial charge in [0, 0.05) is 104 Å². The minimum absolute atomic E-state index is 0.0793. The highest BCUT2D eigenvalue weighted by Gasteiger charge is 2.31. The molecule has 0 atom stereocenters. The Hall–Kier alpha value is -18.6. The molecule has 11 heterocycles. The van der Waals surface area contributed by atoms with E-state index >= 15 is 0 Å². The molecule has 11 N–H and O–H groups in total. The number of methoxy groups -OCH3 is 1. The molecule has 0 aliphatic heterocycles. The monoisotopic (exact) mass is 2030 g/mol. The van der Waals surface area contributed by atoms with Gasteiger partial charge in [-0.05, 0) is 254 Å². The first-order chi connectivity index (χ1) is 72.5. The number of anilines is 11. The van der Waals surface area contributed by atoms with Crippen molar-refractivity contribution in [2.24, 2.45) is 0 Å². The fourth-order valence-electron chi connectivity index (χ4n) is 16.3. The number of H-pyrrole nitrogens is 1. The number of aromatic amines is 1. The molecule has 3 aliphatic rings. The van der Waals surface area contributed by atoms with E-state index in [0.717, 1.165) is 123 Å². The first kappa shape index (κ1) is 104. The third kappa shape index (κ3) is 24.6. The highest BCUT2D eigenvalue weighted by molar-refractivity contribution is 6.01. The molecule has 772 valence electrons. The average Bonchev–Trinajstić information content (AvgIpc) is 1.63. The SMILES string of the molecule is CCOC(=O)Nc1ccc(C)c(Nc2nncc3cc(C(=O)OCC)c(C)n23)c1.CCOC(=O)c1cc2cnnc(Nc3cc(-c4ncn[nH]4)ccc3C)n2c1C.CCOC(=O)c1cc2cnnc(Nc3cc(C(=O)NC4CC4)ccc3C)n2c1C.CCOC(=O)c1cc2cnnc(Nc3cc(C(=O)NC4CC4)ccc3OC)n2c1C.Cc1ccc(C(=O)NC2CC2)cc1Nc1nncc2cc(C(=O)NCc3ccccc3)c(C)n12. The van der Waals surface area contributed by atoms with Gasteiger partial charge in [-0.1, -0.05) is 60.7 Å². The Bertz CT molecular complexity index is 7940. The second kappa shape index (κ2) is 47.1. The lowest BCUT2D eigenvalue weighted by Crippen LogP contribution is -2.25. The Morgan fingerprint density at radius 3 is 1.03 bits per heavy atom. The van der Waals surface area contributed by atoms with Gasteiger partial charge in [-0.25, -0.2) is 29.0 Å². The van der Waals surface area contributed by atoms with Crippen LogP contribution in [0.15, 0.2) is 189 Å². The van der Waals surface area contributed by atoms with Crippen LogP contribution in [0.5, 0.6) is 5.75 Å². The van der Waals surface area contributed by atoms with Crippen molar-refractivity contribution in [3.8, 4) is 17.1 Å². The van der Waals surface area contributed by atoms with Crippen molar-refractivity contribution < 1.29 is 71.6 Å². The third-order valence-electron chi connectivity index (χ3n) is 24.8.